The van der Waals surface area contributed by atoms with Gasteiger partial charge in [-0.3, -0.25) is 14.6 Å². The lowest BCUT2D eigenvalue weighted by Crippen LogP contribution is -2.39. The van der Waals surface area contributed by atoms with Crippen molar-refractivity contribution in [2.45, 2.75) is 65.7 Å². The van der Waals surface area contributed by atoms with Gasteiger partial charge in [-0.05, 0) is 42.9 Å². The van der Waals surface area contributed by atoms with Crippen molar-refractivity contribution in [1.29, 1.82) is 0 Å². The number of benzene rings is 1. The molecule has 30 heavy (non-hydrogen) atoms. The summed E-state index contributed by atoms with van der Waals surface area (Å²) in [7, 11) is 0. The quantitative estimate of drug-likeness (QED) is 0.365. The number of carbonyl (C=O) groups excluding carboxylic acids is 2. The van der Waals surface area contributed by atoms with Gasteiger partial charge in [0.15, 0.2) is 5.78 Å². The zero-order valence-electron chi connectivity index (χ0n) is 18.1. The Morgan fingerprint density at radius 2 is 1.97 bits per heavy atom. The lowest BCUT2D eigenvalue weighted by molar-refractivity contribution is -0.146. The number of ketones is 1. The third kappa shape index (κ3) is 4.81. The SMILES string of the molecule is CCCCCOC(=O)C1C(C)=NC2=C(C(=O)CC(C)(C)C2)[C@H]1c1ccc(Cl)cc1Cl. The number of ether oxygens (including phenoxy) is 1. The summed E-state index contributed by atoms with van der Waals surface area (Å²) in [6.07, 6.45) is 3.97. The van der Waals surface area contributed by atoms with Crippen molar-refractivity contribution in [3.05, 3.63) is 45.1 Å². The Hall–Kier alpha value is -1.65. The first-order chi connectivity index (χ1) is 14.1. The van der Waals surface area contributed by atoms with Crippen molar-refractivity contribution in [1.82, 2.24) is 0 Å². The molecule has 2 atom stereocenters. The fraction of sp³-hybridized carbons (Fsp3) is 0.542. The van der Waals surface area contributed by atoms with E-state index in [1.54, 1.807) is 12.1 Å². The van der Waals surface area contributed by atoms with Crippen LogP contribution < -0.4 is 0 Å². The molecule has 3 rings (SSSR count). The molecule has 0 amide bonds. The van der Waals surface area contributed by atoms with E-state index in [-0.39, 0.29) is 17.2 Å². The number of hydrogen-bond donors (Lipinski definition) is 0. The van der Waals surface area contributed by atoms with Crippen LogP contribution in [0.5, 0.6) is 0 Å². The van der Waals surface area contributed by atoms with Gasteiger partial charge in [-0.1, -0.05) is 62.9 Å². The van der Waals surface area contributed by atoms with Gasteiger partial charge in [0.2, 0.25) is 0 Å². The number of carbonyl (C=O) groups is 2. The van der Waals surface area contributed by atoms with Crippen molar-refractivity contribution in [3.8, 4) is 0 Å². The normalized spacial score (nSPS) is 23.1. The number of allylic oxidation sites excluding steroid dienone is 2. The van der Waals surface area contributed by atoms with Crippen LogP contribution in [0.4, 0.5) is 0 Å². The van der Waals surface area contributed by atoms with Crippen LogP contribution in [0.2, 0.25) is 10.0 Å². The summed E-state index contributed by atoms with van der Waals surface area (Å²) in [5.74, 6) is -1.51. The second kappa shape index (κ2) is 9.23. The first-order valence-electron chi connectivity index (χ1n) is 10.6. The van der Waals surface area contributed by atoms with Crippen LogP contribution in [0.25, 0.3) is 0 Å². The number of nitrogens with zero attached hydrogens (tertiary/aromatic N) is 1. The lowest BCUT2D eigenvalue weighted by Gasteiger charge is -2.39. The summed E-state index contributed by atoms with van der Waals surface area (Å²) >= 11 is 12.7. The molecule has 1 aromatic rings. The molecule has 1 heterocycles. The summed E-state index contributed by atoms with van der Waals surface area (Å²) in [5, 5.41) is 0.949. The van der Waals surface area contributed by atoms with Crippen molar-refractivity contribution in [2.75, 3.05) is 6.61 Å². The maximum absolute atomic E-state index is 13.2. The number of esters is 1. The Kier molecular flexibility index (Phi) is 7.09. The number of unbranched alkanes of at least 4 members (excludes halogenated alkanes) is 2. The number of rotatable bonds is 6. The average molecular weight is 450 g/mol. The maximum atomic E-state index is 13.2. The Labute approximate surface area is 188 Å². The van der Waals surface area contributed by atoms with Crippen molar-refractivity contribution < 1.29 is 14.3 Å². The molecule has 0 saturated carbocycles. The maximum Gasteiger partial charge on any atom is 0.315 e. The van der Waals surface area contributed by atoms with Crippen LogP contribution in [0.15, 0.2) is 34.5 Å². The molecule has 1 aliphatic carbocycles. The van der Waals surface area contributed by atoms with Gasteiger partial charge in [-0.2, -0.15) is 0 Å². The molecule has 0 saturated heterocycles. The molecule has 0 bridgehead atoms. The number of aliphatic imine (C=N–C) groups is 1. The molecule has 0 radical (unpaired) electrons. The standard InChI is InChI=1S/C24H29Cl2NO3/c1-5-6-7-10-30-23(29)20-14(2)27-18-12-24(3,4)13-19(28)22(18)21(20)16-9-8-15(25)11-17(16)26/h8-9,11,20-21H,5-7,10,12-13H2,1-4H3/t20?,21-/m0/s1. The topological polar surface area (TPSA) is 55.7 Å². The van der Waals surface area contributed by atoms with Crippen LogP contribution in [-0.4, -0.2) is 24.1 Å². The monoisotopic (exact) mass is 449 g/mol. The number of Topliss-reactive ketones (excluding diaryl/α,β-unsaturated/α-hetero) is 1. The van der Waals surface area contributed by atoms with Crippen LogP contribution in [0.1, 0.15) is 71.3 Å². The highest BCUT2D eigenvalue weighted by atomic mass is 35.5. The van der Waals surface area contributed by atoms with Gasteiger partial charge in [-0.25, -0.2) is 0 Å². The minimum atomic E-state index is -0.672. The van der Waals surface area contributed by atoms with Crippen molar-refractivity contribution >= 4 is 40.7 Å². The van der Waals surface area contributed by atoms with Crippen LogP contribution in [-0.2, 0) is 14.3 Å². The molecular weight excluding hydrogens is 421 g/mol. The molecule has 0 spiro atoms. The molecule has 1 aliphatic heterocycles. The molecule has 1 aromatic carbocycles. The smallest absolute Gasteiger partial charge is 0.315 e. The number of hydrogen-bond acceptors (Lipinski definition) is 4. The number of halogens is 2. The summed E-state index contributed by atoms with van der Waals surface area (Å²) in [6, 6.07) is 5.20. The van der Waals surface area contributed by atoms with E-state index in [0.717, 1.165) is 25.0 Å². The Morgan fingerprint density at radius 3 is 2.63 bits per heavy atom. The Morgan fingerprint density at radius 1 is 1.23 bits per heavy atom. The molecule has 4 nitrogen and oxygen atoms in total. The Bertz CT molecular complexity index is 917. The minimum absolute atomic E-state index is 0.0253. The second-order valence-electron chi connectivity index (χ2n) is 9.05. The van der Waals surface area contributed by atoms with Gasteiger partial charge in [0.05, 0.1) is 6.61 Å². The molecule has 162 valence electrons. The summed E-state index contributed by atoms with van der Waals surface area (Å²) in [4.78, 5) is 31.1. The van der Waals surface area contributed by atoms with Gasteiger partial charge in [0.1, 0.15) is 5.92 Å². The molecule has 0 aromatic heterocycles. The fourth-order valence-electron chi connectivity index (χ4n) is 4.45. The van der Waals surface area contributed by atoms with Crippen molar-refractivity contribution in [2.24, 2.45) is 16.3 Å². The van der Waals surface area contributed by atoms with Crippen LogP contribution >= 0.6 is 23.2 Å². The van der Waals surface area contributed by atoms with Crippen molar-refractivity contribution in [3.63, 3.8) is 0 Å². The Balaban J connectivity index is 2.06. The van der Waals surface area contributed by atoms with E-state index < -0.39 is 11.8 Å². The first kappa shape index (κ1) is 23.0. The molecule has 6 heteroatoms. The van der Waals surface area contributed by atoms with Gasteiger partial charge in [0, 0.05) is 39.4 Å². The molecule has 2 aliphatic rings. The van der Waals surface area contributed by atoms with E-state index in [0.29, 0.717) is 46.3 Å². The van der Waals surface area contributed by atoms with Crippen LogP contribution in [0, 0.1) is 11.3 Å². The fourth-order valence-corrected chi connectivity index (χ4v) is 4.98. The lowest BCUT2D eigenvalue weighted by atomic mass is 9.67. The third-order valence-electron chi connectivity index (χ3n) is 5.85. The predicted molar refractivity (Wildman–Crippen MR) is 121 cm³/mol. The van der Waals surface area contributed by atoms with Crippen LogP contribution in [0.3, 0.4) is 0 Å². The zero-order chi connectivity index (χ0) is 22.1. The average Bonchev–Trinajstić information content (AvgIpc) is 2.63. The van der Waals surface area contributed by atoms with E-state index in [1.165, 1.54) is 0 Å². The second-order valence-corrected chi connectivity index (χ2v) is 9.89. The summed E-state index contributed by atoms with van der Waals surface area (Å²) in [6.45, 7) is 8.44. The van der Waals surface area contributed by atoms with E-state index in [4.69, 9.17) is 32.9 Å². The highest BCUT2D eigenvalue weighted by Crippen LogP contribution is 2.49. The van der Waals surface area contributed by atoms with Gasteiger partial charge in [-0.15, -0.1) is 0 Å². The third-order valence-corrected chi connectivity index (χ3v) is 6.41. The molecule has 0 N–H and O–H groups in total. The summed E-state index contributed by atoms with van der Waals surface area (Å²) < 4.78 is 5.60. The molecule has 1 unspecified atom stereocenters. The van der Waals surface area contributed by atoms with E-state index in [1.807, 2.05) is 13.0 Å². The first-order valence-corrected chi connectivity index (χ1v) is 11.3. The zero-order valence-corrected chi connectivity index (χ0v) is 19.6. The van der Waals surface area contributed by atoms with E-state index in [9.17, 15) is 9.59 Å². The predicted octanol–water partition coefficient (Wildman–Crippen LogP) is 6.54. The van der Waals surface area contributed by atoms with E-state index in [2.05, 4.69) is 20.8 Å². The largest absolute Gasteiger partial charge is 0.465 e. The van der Waals surface area contributed by atoms with Gasteiger partial charge < -0.3 is 4.74 Å². The van der Waals surface area contributed by atoms with Gasteiger partial charge >= 0.3 is 5.97 Å². The van der Waals surface area contributed by atoms with E-state index >= 15 is 0 Å². The summed E-state index contributed by atoms with van der Waals surface area (Å²) in [5.41, 5.74) is 2.57. The molecule has 0 fully saturated rings. The van der Waals surface area contributed by atoms with Gasteiger partial charge in [0.25, 0.3) is 0 Å². The highest BCUT2D eigenvalue weighted by molar-refractivity contribution is 6.35. The highest BCUT2D eigenvalue weighted by Gasteiger charge is 2.46. The molecular formula is C24H29Cl2NO3. The minimum Gasteiger partial charge on any atom is -0.465 e.